The first kappa shape index (κ1) is 28.2. The Hall–Kier alpha value is -2.34. The van der Waals surface area contributed by atoms with Gasteiger partial charge in [-0.15, -0.1) is 0 Å². The van der Waals surface area contributed by atoms with E-state index in [0.717, 1.165) is 12.8 Å². The minimum Gasteiger partial charge on any atom is -0.0802 e. The summed E-state index contributed by atoms with van der Waals surface area (Å²) in [6.45, 7) is 23.5. The molecule has 2 aromatic carbocycles. The molecular formula is C36H50. The van der Waals surface area contributed by atoms with Crippen LogP contribution in [-0.2, 0) is 17.3 Å². The fourth-order valence-electron chi connectivity index (χ4n) is 5.81. The largest absolute Gasteiger partial charge is 0.0802 e. The van der Waals surface area contributed by atoms with E-state index in [1.54, 1.807) is 5.57 Å². The molecule has 0 bridgehead atoms. The second kappa shape index (κ2) is 11.0. The molecule has 1 unspecified atom stereocenters. The second-order valence-corrected chi connectivity index (χ2v) is 13.3. The molecule has 0 heteroatoms. The van der Waals surface area contributed by atoms with Gasteiger partial charge in [0.05, 0.1) is 0 Å². The van der Waals surface area contributed by atoms with Crippen LogP contribution in [0.1, 0.15) is 102 Å². The molecule has 0 saturated heterocycles. The number of hydrogen-bond acceptors (Lipinski definition) is 0. The van der Waals surface area contributed by atoms with E-state index in [-0.39, 0.29) is 10.8 Å². The van der Waals surface area contributed by atoms with Crippen LogP contribution in [0.2, 0.25) is 0 Å². The van der Waals surface area contributed by atoms with Crippen LogP contribution in [0.5, 0.6) is 0 Å². The molecule has 0 aromatic heterocycles. The first-order chi connectivity index (χ1) is 16.7. The summed E-state index contributed by atoms with van der Waals surface area (Å²) >= 11 is 0. The highest BCUT2D eigenvalue weighted by molar-refractivity contribution is 5.49. The highest BCUT2D eigenvalue weighted by Gasteiger charge is 2.34. The Balaban J connectivity index is 2.24. The van der Waals surface area contributed by atoms with Gasteiger partial charge in [0, 0.05) is 5.41 Å². The van der Waals surface area contributed by atoms with Crippen molar-refractivity contribution in [2.45, 2.75) is 106 Å². The van der Waals surface area contributed by atoms with E-state index < -0.39 is 0 Å². The number of benzene rings is 2. The lowest BCUT2D eigenvalue weighted by atomic mass is 9.67. The van der Waals surface area contributed by atoms with Crippen molar-refractivity contribution in [1.29, 1.82) is 0 Å². The van der Waals surface area contributed by atoms with Crippen molar-refractivity contribution in [3.63, 3.8) is 0 Å². The molecule has 194 valence electrons. The summed E-state index contributed by atoms with van der Waals surface area (Å²) in [5.41, 5.74) is 10.4. The summed E-state index contributed by atoms with van der Waals surface area (Å²) in [6.07, 6.45) is 14.2. The van der Waals surface area contributed by atoms with Gasteiger partial charge in [-0.25, -0.2) is 0 Å². The highest BCUT2D eigenvalue weighted by atomic mass is 14.4. The lowest BCUT2D eigenvalue weighted by Gasteiger charge is -2.37. The van der Waals surface area contributed by atoms with Gasteiger partial charge in [-0.05, 0) is 84.6 Å². The maximum absolute atomic E-state index is 2.64. The smallest absolute Gasteiger partial charge is 0.0177 e. The monoisotopic (exact) mass is 482 g/mol. The Morgan fingerprint density at radius 1 is 0.861 bits per heavy atom. The van der Waals surface area contributed by atoms with Crippen LogP contribution in [0, 0.1) is 25.2 Å². The van der Waals surface area contributed by atoms with Crippen molar-refractivity contribution in [2.75, 3.05) is 0 Å². The third kappa shape index (κ3) is 6.70. The molecular weight excluding hydrogens is 432 g/mol. The zero-order chi connectivity index (χ0) is 26.7. The van der Waals surface area contributed by atoms with Crippen molar-refractivity contribution in [1.82, 2.24) is 0 Å². The fraction of sp³-hybridized carbons (Fsp3) is 0.500. The van der Waals surface area contributed by atoms with E-state index in [2.05, 4.69) is 136 Å². The molecule has 0 aliphatic heterocycles. The van der Waals surface area contributed by atoms with Crippen molar-refractivity contribution in [3.8, 4) is 0 Å². The third-order valence-electron chi connectivity index (χ3n) is 8.58. The molecule has 0 nitrogen and oxygen atoms in total. The van der Waals surface area contributed by atoms with Gasteiger partial charge in [-0.3, -0.25) is 0 Å². The van der Waals surface area contributed by atoms with Crippen LogP contribution < -0.4 is 0 Å². The standard InChI is InChI=1S/C36H50/c1-11-35(8,9)24-30-20-26(2)16-15-19-31(22-30)36(10,25-29-17-13-12-14-18-29)32-21-27(3)28(4)33(23-32)34(5,6)7/h12-18,20-23,30H,11,19,24-25H2,1-10H3/b16-15-,26-20?,31-22+/t30?,36-/m0/s1. The maximum Gasteiger partial charge on any atom is 0.0177 e. The van der Waals surface area contributed by atoms with Gasteiger partial charge < -0.3 is 0 Å². The summed E-state index contributed by atoms with van der Waals surface area (Å²) in [6, 6.07) is 16.1. The second-order valence-electron chi connectivity index (χ2n) is 13.3. The Labute approximate surface area is 222 Å². The summed E-state index contributed by atoms with van der Waals surface area (Å²) in [7, 11) is 0. The van der Waals surface area contributed by atoms with Gasteiger partial charge in [-0.1, -0.05) is 133 Å². The topological polar surface area (TPSA) is 0 Å². The lowest BCUT2D eigenvalue weighted by molar-refractivity contribution is 0.299. The van der Waals surface area contributed by atoms with E-state index in [9.17, 15) is 0 Å². The molecule has 2 atom stereocenters. The maximum atomic E-state index is 2.64. The van der Waals surface area contributed by atoms with Crippen LogP contribution >= 0.6 is 0 Å². The van der Waals surface area contributed by atoms with Crippen LogP contribution in [0.25, 0.3) is 0 Å². The van der Waals surface area contributed by atoms with Gasteiger partial charge >= 0.3 is 0 Å². The molecule has 0 amide bonds. The molecule has 36 heavy (non-hydrogen) atoms. The fourth-order valence-corrected chi connectivity index (χ4v) is 5.81. The minimum atomic E-state index is -0.0855. The lowest BCUT2D eigenvalue weighted by Crippen LogP contribution is -2.30. The third-order valence-corrected chi connectivity index (χ3v) is 8.58. The van der Waals surface area contributed by atoms with E-state index in [1.165, 1.54) is 46.2 Å². The molecule has 0 N–H and O–H groups in total. The SMILES string of the molecule is CCC(C)(C)CC1C=C(C)/C=C\C/C([C@](C)(Cc2ccccc2)c2cc(C)c(C)c(C(C)(C)C)c2)=C\1. The predicted molar refractivity (Wildman–Crippen MR) is 160 cm³/mol. The van der Waals surface area contributed by atoms with Crippen LogP contribution in [0.15, 0.2) is 77.9 Å². The number of allylic oxidation sites excluding steroid dienone is 6. The summed E-state index contributed by atoms with van der Waals surface area (Å²) in [5, 5.41) is 0. The predicted octanol–water partition coefficient (Wildman–Crippen LogP) is 10.4. The zero-order valence-corrected chi connectivity index (χ0v) is 24.8. The molecule has 0 radical (unpaired) electrons. The van der Waals surface area contributed by atoms with Gasteiger partial charge in [0.2, 0.25) is 0 Å². The Morgan fingerprint density at radius 3 is 2.14 bits per heavy atom. The van der Waals surface area contributed by atoms with Crippen molar-refractivity contribution < 1.29 is 0 Å². The van der Waals surface area contributed by atoms with Crippen molar-refractivity contribution in [3.05, 3.63) is 106 Å². The van der Waals surface area contributed by atoms with Gasteiger partial charge in [0.1, 0.15) is 0 Å². The average molecular weight is 483 g/mol. The molecule has 3 rings (SSSR count). The van der Waals surface area contributed by atoms with Crippen molar-refractivity contribution in [2.24, 2.45) is 11.3 Å². The quantitative estimate of drug-likeness (QED) is 0.344. The van der Waals surface area contributed by atoms with E-state index >= 15 is 0 Å². The van der Waals surface area contributed by atoms with E-state index in [4.69, 9.17) is 0 Å². The summed E-state index contributed by atoms with van der Waals surface area (Å²) < 4.78 is 0. The number of hydrogen-bond donors (Lipinski definition) is 0. The molecule has 2 aromatic rings. The van der Waals surface area contributed by atoms with Gasteiger partial charge in [-0.2, -0.15) is 0 Å². The molecule has 1 aliphatic rings. The first-order valence-electron chi connectivity index (χ1n) is 14.0. The van der Waals surface area contributed by atoms with Crippen molar-refractivity contribution >= 4 is 0 Å². The van der Waals surface area contributed by atoms with Gasteiger partial charge in [0.25, 0.3) is 0 Å². The normalized spacial score (nSPS) is 21.0. The first-order valence-corrected chi connectivity index (χ1v) is 14.0. The van der Waals surface area contributed by atoms with Crippen LogP contribution in [0.4, 0.5) is 0 Å². The average Bonchev–Trinajstić information content (AvgIpc) is 2.78. The summed E-state index contributed by atoms with van der Waals surface area (Å²) in [4.78, 5) is 0. The van der Waals surface area contributed by atoms with E-state index in [1.807, 2.05) is 0 Å². The zero-order valence-electron chi connectivity index (χ0n) is 24.8. The Bertz CT molecular complexity index is 1130. The van der Waals surface area contributed by atoms with E-state index in [0.29, 0.717) is 11.3 Å². The number of aryl methyl sites for hydroxylation is 1. The summed E-state index contributed by atoms with van der Waals surface area (Å²) in [5.74, 6) is 0.448. The highest BCUT2D eigenvalue weighted by Crippen LogP contribution is 2.43. The number of rotatable bonds is 7. The van der Waals surface area contributed by atoms with Crippen LogP contribution in [0.3, 0.4) is 0 Å². The van der Waals surface area contributed by atoms with Gasteiger partial charge in [0.15, 0.2) is 0 Å². The minimum absolute atomic E-state index is 0.0855. The Morgan fingerprint density at radius 2 is 1.53 bits per heavy atom. The molecule has 0 spiro atoms. The molecule has 0 heterocycles. The van der Waals surface area contributed by atoms with Crippen LogP contribution in [-0.4, -0.2) is 0 Å². The molecule has 0 fully saturated rings. The molecule has 0 saturated carbocycles. The Kier molecular flexibility index (Phi) is 8.59. The molecule has 1 aliphatic carbocycles.